The Balaban J connectivity index is 1.17. The van der Waals surface area contributed by atoms with Crippen molar-refractivity contribution in [3.63, 3.8) is 0 Å². The minimum atomic E-state index is -0.0324. The lowest BCUT2D eigenvalue weighted by Gasteiger charge is -2.23. The molecule has 0 spiro atoms. The lowest BCUT2D eigenvalue weighted by Crippen LogP contribution is -2.29. The van der Waals surface area contributed by atoms with Crippen LogP contribution in [0.25, 0.3) is 61.2 Å². The highest BCUT2D eigenvalue weighted by Gasteiger charge is 2.22. The number of rotatable bonds is 6. The predicted octanol–water partition coefficient (Wildman–Crippen LogP) is 12.3. The summed E-state index contributed by atoms with van der Waals surface area (Å²) in [5, 5.41) is 2.32. The number of hydrogen-bond donors (Lipinski definition) is 0. The lowest BCUT2D eigenvalue weighted by molar-refractivity contribution is -0.572. The molecular formula is C50H44N4O. The van der Waals surface area contributed by atoms with E-state index in [9.17, 15) is 0 Å². The summed E-state index contributed by atoms with van der Waals surface area (Å²) in [5.41, 5.74) is 11.3. The minimum Gasteiger partial charge on any atom is -0.458 e. The number of hydrogen-bond acceptors (Lipinski definition) is 2. The molecule has 5 heteroatoms. The highest BCUT2D eigenvalue weighted by molar-refractivity contribution is 6.10. The van der Waals surface area contributed by atoms with Crippen molar-refractivity contribution < 1.29 is 9.30 Å². The summed E-state index contributed by atoms with van der Waals surface area (Å²) in [4.78, 5) is 4.98. The van der Waals surface area contributed by atoms with Crippen LogP contribution in [0.3, 0.4) is 0 Å². The Morgan fingerprint density at radius 1 is 0.582 bits per heavy atom. The Hall–Kier alpha value is -6.46. The average Bonchev–Trinajstić information content (AvgIpc) is 3.73. The van der Waals surface area contributed by atoms with Gasteiger partial charge >= 0.3 is 0 Å². The van der Waals surface area contributed by atoms with Crippen molar-refractivity contribution >= 4 is 32.8 Å². The molecule has 9 rings (SSSR count). The number of fused-ring (bicyclic) bond motifs is 4. The van der Waals surface area contributed by atoms with E-state index in [4.69, 9.17) is 9.72 Å². The number of ether oxygens (including phenoxy) is 1. The second-order valence-electron chi connectivity index (χ2n) is 16.4. The van der Waals surface area contributed by atoms with E-state index >= 15 is 0 Å². The summed E-state index contributed by atoms with van der Waals surface area (Å²) < 4.78 is 13.2. The predicted molar refractivity (Wildman–Crippen MR) is 225 cm³/mol. The van der Waals surface area contributed by atoms with Crippen LogP contribution in [-0.4, -0.2) is 14.1 Å². The van der Waals surface area contributed by atoms with Gasteiger partial charge in [-0.25, -0.2) is 4.98 Å². The van der Waals surface area contributed by atoms with Crippen LogP contribution < -0.4 is 9.30 Å². The summed E-state index contributed by atoms with van der Waals surface area (Å²) in [6.07, 6.45) is 5.52. The third kappa shape index (κ3) is 6.26. The topological polar surface area (TPSA) is 35.9 Å². The van der Waals surface area contributed by atoms with Crippen LogP contribution in [0.15, 0.2) is 158 Å². The minimum absolute atomic E-state index is 0.000100. The van der Waals surface area contributed by atoms with Crippen LogP contribution in [0.1, 0.15) is 52.7 Å². The van der Waals surface area contributed by atoms with Gasteiger partial charge in [-0.2, -0.15) is 0 Å². The van der Waals surface area contributed by atoms with Gasteiger partial charge in [0.15, 0.2) is 0 Å². The Kier molecular flexibility index (Phi) is 8.20. The molecule has 0 saturated carbocycles. The van der Waals surface area contributed by atoms with Gasteiger partial charge in [-0.15, -0.1) is 0 Å². The highest BCUT2D eigenvalue weighted by Crippen LogP contribution is 2.40. The summed E-state index contributed by atoms with van der Waals surface area (Å²) in [6, 6.07) is 53.3. The molecule has 0 atom stereocenters. The van der Waals surface area contributed by atoms with Crippen LogP contribution in [0.5, 0.6) is 11.5 Å². The maximum absolute atomic E-state index is 6.70. The smallest absolute Gasteiger partial charge is 0.269 e. The van der Waals surface area contributed by atoms with E-state index in [1.807, 2.05) is 24.4 Å². The second kappa shape index (κ2) is 13.1. The SMILES string of the molecule is CC(C)(C)c1ccnc(-n2c3cc(Oc4cccc(-n5[c-][n+](-c6ccccc6)c6ccccc65)c4)ccc3c3ccc(-c4ccccc4C(C)(C)C)cc32)c1. The molecule has 9 aromatic rings. The number of nitrogens with zero attached hydrogens (tertiary/aromatic N) is 4. The number of pyridine rings is 1. The van der Waals surface area contributed by atoms with Crippen molar-refractivity contribution in [2.75, 3.05) is 0 Å². The van der Waals surface area contributed by atoms with E-state index in [2.05, 4.69) is 195 Å². The molecule has 0 saturated heterocycles. The van der Waals surface area contributed by atoms with E-state index in [1.165, 1.54) is 27.6 Å². The van der Waals surface area contributed by atoms with Crippen molar-refractivity contribution in [1.29, 1.82) is 0 Å². The van der Waals surface area contributed by atoms with E-state index in [0.717, 1.165) is 56.1 Å². The third-order valence-electron chi connectivity index (χ3n) is 10.5. The molecule has 0 N–H and O–H groups in total. The largest absolute Gasteiger partial charge is 0.458 e. The number of benzene rings is 6. The molecule has 5 nitrogen and oxygen atoms in total. The van der Waals surface area contributed by atoms with Crippen LogP contribution in [-0.2, 0) is 10.8 Å². The van der Waals surface area contributed by atoms with E-state index in [1.54, 1.807) is 0 Å². The molecule has 0 fully saturated rings. The quantitative estimate of drug-likeness (QED) is 0.127. The summed E-state index contributed by atoms with van der Waals surface area (Å²) in [5.74, 6) is 2.38. The average molecular weight is 717 g/mol. The van der Waals surface area contributed by atoms with Crippen molar-refractivity contribution in [3.05, 3.63) is 175 Å². The van der Waals surface area contributed by atoms with Gasteiger partial charge in [0.2, 0.25) is 0 Å². The molecule has 0 radical (unpaired) electrons. The van der Waals surface area contributed by atoms with Gasteiger partial charge in [0.1, 0.15) is 17.3 Å². The maximum atomic E-state index is 6.70. The van der Waals surface area contributed by atoms with Gasteiger partial charge in [-0.3, -0.25) is 13.7 Å². The fraction of sp³-hybridized carbons (Fsp3) is 0.160. The van der Waals surface area contributed by atoms with Crippen molar-refractivity contribution in [1.82, 2.24) is 14.1 Å². The normalized spacial score (nSPS) is 12.2. The molecule has 55 heavy (non-hydrogen) atoms. The monoisotopic (exact) mass is 716 g/mol. The fourth-order valence-electron chi connectivity index (χ4n) is 7.72. The summed E-state index contributed by atoms with van der Waals surface area (Å²) in [6.45, 7) is 13.6. The third-order valence-corrected chi connectivity index (χ3v) is 10.5. The van der Waals surface area contributed by atoms with Crippen LogP contribution in [0, 0.1) is 6.33 Å². The Morgan fingerprint density at radius 2 is 1.29 bits per heavy atom. The number of para-hydroxylation sites is 3. The van der Waals surface area contributed by atoms with Gasteiger partial charge in [0.05, 0.1) is 33.4 Å². The first-order chi connectivity index (χ1) is 26.5. The zero-order valence-corrected chi connectivity index (χ0v) is 32.2. The van der Waals surface area contributed by atoms with Crippen LogP contribution >= 0.6 is 0 Å². The van der Waals surface area contributed by atoms with Crippen LogP contribution in [0.2, 0.25) is 0 Å². The molecule has 0 aliphatic heterocycles. The molecular weight excluding hydrogens is 673 g/mol. The fourth-order valence-corrected chi connectivity index (χ4v) is 7.72. The van der Waals surface area contributed by atoms with Gasteiger partial charge in [0, 0.05) is 23.0 Å². The molecule has 6 aromatic carbocycles. The Labute approximate surface area is 322 Å². The Bertz CT molecular complexity index is 2870. The van der Waals surface area contributed by atoms with E-state index in [-0.39, 0.29) is 10.8 Å². The molecule has 0 amide bonds. The van der Waals surface area contributed by atoms with Crippen LogP contribution in [0.4, 0.5) is 0 Å². The van der Waals surface area contributed by atoms with Crippen molar-refractivity contribution in [3.8, 4) is 39.8 Å². The summed E-state index contributed by atoms with van der Waals surface area (Å²) in [7, 11) is 0. The maximum Gasteiger partial charge on any atom is 0.269 e. The lowest BCUT2D eigenvalue weighted by atomic mass is 9.82. The number of aromatic nitrogens is 4. The first kappa shape index (κ1) is 34.3. The molecule has 0 bridgehead atoms. The summed E-state index contributed by atoms with van der Waals surface area (Å²) >= 11 is 0. The van der Waals surface area contributed by atoms with Gasteiger partial charge < -0.3 is 4.74 Å². The van der Waals surface area contributed by atoms with Gasteiger partial charge in [0.25, 0.3) is 6.33 Å². The van der Waals surface area contributed by atoms with Crippen molar-refractivity contribution in [2.45, 2.75) is 52.4 Å². The first-order valence-electron chi connectivity index (χ1n) is 19.0. The molecule has 0 aliphatic rings. The first-order valence-corrected chi connectivity index (χ1v) is 19.0. The molecule has 270 valence electrons. The zero-order chi connectivity index (χ0) is 37.9. The van der Waals surface area contributed by atoms with Gasteiger partial charge in [-0.05, 0) is 93.7 Å². The highest BCUT2D eigenvalue weighted by atomic mass is 16.5. The number of imidazole rings is 1. The second-order valence-corrected chi connectivity index (χ2v) is 16.4. The van der Waals surface area contributed by atoms with Crippen molar-refractivity contribution in [2.24, 2.45) is 0 Å². The molecule has 3 aromatic heterocycles. The zero-order valence-electron chi connectivity index (χ0n) is 32.2. The van der Waals surface area contributed by atoms with E-state index in [0.29, 0.717) is 0 Å². The molecule has 3 heterocycles. The molecule has 0 unspecified atom stereocenters. The molecule has 0 aliphatic carbocycles. The standard InChI is InChI=1S/C50H44N4O/c1-49(2,3)35-27-28-51-48(30-35)54-46-29-34(40-19-10-11-20-43(40)50(4,5)6)23-25-41(46)42-26-24-39(32-47(42)54)55-38-18-14-17-37(31-38)53-33-52(36-15-8-7-9-16-36)44-21-12-13-22-45(44)53/h7-32H,1-6H3. The van der Waals surface area contributed by atoms with E-state index < -0.39 is 0 Å². The van der Waals surface area contributed by atoms with Gasteiger partial charge in [-0.1, -0.05) is 126 Å². The Morgan fingerprint density at radius 3 is 2.09 bits per heavy atom.